The molecule has 38 heavy (non-hydrogen) atoms. The standard InChI is InChI=1S/C28H22FN7OS/c1-16(17-2-5-19(29)6-3-17)36-15-35-23-10-11-31-27(25(23)28(36)37)32-13-20-7-9-24(38-20)18-4-8-22-21(12-18)26(30)34-14-33-22/h2-12,14-16H,13H2,1H3,(H,31,32)(H2,30,33,34)/t16-/m0/s1. The summed E-state index contributed by atoms with van der Waals surface area (Å²) in [5, 5.41) is 4.54. The van der Waals surface area contributed by atoms with Gasteiger partial charge in [0.05, 0.1) is 29.9 Å². The maximum absolute atomic E-state index is 13.5. The van der Waals surface area contributed by atoms with E-state index in [9.17, 15) is 9.18 Å². The number of thiophene rings is 1. The quantitative estimate of drug-likeness (QED) is 0.300. The number of aromatic nitrogens is 5. The monoisotopic (exact) mass is 523 g/mol. The van der Waals surface area contributed by atoms with Crippen molar-refractivity contribution in [2.45, 2.75) is 19.5 Å². The number of fused-ring (bicyclic) bond motifs is 2. The Morgan fingerprint density at radius 3 is 2.68 bits per heavy atom. The van der Waals surface area contributed by atoms with Crippen molar-refractivity contribution in [3.8, 4) is 10.4 Å². The SMILES string of the molecule is C[C@@H](c1ccc(F)cc1)n1cnc2ccnc(NCc3ccc(-c4ccc5ncnc(N)c5c4)s3)c2c1=O. The molecule has 0 radical (unpaired) electrons. The Kier molecular flexibility index (Phi) is 6.01. The lowest BCUT2D eigenvalue weighted by atomic mass is 10.1. The average molecular weight is 524 g/mol. The van der Waals surface area contributed by atoms with Gasteiger partial charge in [-0.25, -0.2) is 24.3 Å². The molecule has 4 aromatic heterocycles. The largest absolute Gasteiger partial charge is 0.383 e. The predicted molar refractivity (Wildman–Crippen MR) is 149 cm³/mol. The van der Waals surface area contributed by atoms with E-state index in [1.165, 1.54) is 24.8 Å². The summed E-state index contributed by atoms with van der Waals surface area (Å²) in [6, 6.07) is 17.5. The molecule has 3 N–H and O–H groups in total. The van der Waals surface area contributed by atoms with Crippen LogP contribution < -0.4 is 16.6 Å². The normalized spacial score (nSPS) is 12.2. The topological polar surface area (TPSA) is 112 Å². The molecule has 1 atom stereocenters. The second-order valence-corrected chi connectivity index (χ2v) is 10.0. The van der Waals surface area contributed by atoms with E-state index in [4.69, 9.17) is 5.73 Å². The second kappa shape index (κ2) is 9.64. The zero-order chi connectivity index (χ0) is 26.2. The van der Waals surface area contributed by atoms with Crippen LogP contribution in [0.1, 0.15) is 23.4 Å². The molecule has 6 aromatic rings. The molecule has 0 aliphatic rings. The van der Waals surface area contributed by atoms with Gasteiger partial charge in [-0.1, -0.05) is 18.2 Å². The molecule has 0 aliphatic heterocycles. The third-order valence-corrected chi connectivity index (χ3v) is 7.64. The molecule has 0 aliphatic carbocycles. The van der Waals surface area contributed by atoms with Crippen LogP contribution in [0.4, 0.5) is 16.0 Å². The van der Waals surface area contributed by atoms with Crippen LogP contribution in [0.2, 0.25) is 0 Å². The molecule has 10 heteroatoms. The van der Waals surface area contributed by atoms with Crippen molar-refractivity contribution in [2.24, 2.45) is 0 Å². The first kappa shape index (κ1) is 23.7. The third kappa shape index (κ3) is 4.35. The van der Waals surface area contributed by atoms with Crippen LogP contribution in [-0.2, 0) is 6.54 Å². The summed E-state index contributed by atoms with van der Waals surface area (Å²) in [6.45, 7) is 2.36. The Morgan fingerprint density at radius 1 is 1.00 bits per heavy atom. The summed E-state index contributed by atoms with van der Waals surface area (Å²) >= 11 is 1.63. The van der Waals surface area contributed by atoms with E-state index in [2.05, 4.69) is 31.3 Å². The van der Waals surface area contributed by atoms with Crippen molar-refractivity contribution in [1.82, 2.24) is 24.5 Å². The minimum Gasteiger partial charge on any atom is -0.383 e. The van der Waals surface area contributed by atoms with Gasteiger partial charge < -0.3 is 11.1 Å². The molecule has 0 bridgehead atoms. The van der Waals surface area contributed by atoms with Crippen LogP contribution in [0.25, 0.3) is 32.2 Å². The zero-order valence-electron chi connectivity index (χ0n) is 20.3. The molecule has 2 aromatic carbocycles. The number of nitrogens with two attached hydrogens (primary N) is 1. The van der Waals surface area contributed by atoms with E-state index < -0.39 is 0 Å². The summed E-state index contributed by atoms with van der Waals surface area (Å²) in [5.74, 6) is 0.590. The molecule has 0 unspecified atom stereocenters. The van der Waals surface area contributed by atoms with Gasteiger partial charge in [-0.2, -0.15) is 0 Å². The number of pyridine rings is 1. The summed E-state index contributed by atoms with van der Waals surface area (Å²) in [5.41, 5.74) is 9.01. The molecule has 6 rings (SSSR count). The smallest absolute Gasteiger partial charge is 0.265 e. The molecule has 0 amide bonds. The number of benzene rings is 2. The van der Waals surface area contributed by atoms with Crippen molar-refractivity contribution in [2.75, 3.05) is 11.1 Å². The maximum atomic E-state index is 13.5. The van der Waals surface area contributed by atoms with Gasteiger partial charge in [0.1, 0.15) is 29.2 Å². The average Bonchev–Trinajstić information content (AvgIpc) is 3.41. The van der Waals surface area contributed by atoms with Crippen LogP contribution >= 0.6 is 11.3 Å². The van der Waals surface area contributed by atoms with E-state index in [-0.39, 0.29) is 17.4 Å². The van der Waals surface area contributed by atoms with Gasteiger partial charge in [-0.05, 0) is 60.5 Å². The van der Waals surface area contributed by atoms with Crippen molar-refractivity contribution in [3.05, 3.63) is 106 Å². The molecule has 0 saturated carbocycles. The first-order chi connectivity index (χ1) is 18.5. The minimum absolute atomic E-state index is 0.217. The van der Waals surface area contributed by atoms with Gasteiger partial charge in [0, 0.05) is 21.3 Å². The van der Waals surface area contributed by atoms with Crippen molar-refractivity contribution < 1.29 is 4.39 Å². The van der Waals surface area contributed by atoms with Crippen molar-refractivity contribution in [1.29, 1.82) is 0 Å². The van der Waals surface area contributed by atoms with Crippen molar-refractivity contribution >= 4 is 44.8 Å². The third-order valence-electron chi connectivity index (χ3n) is 6.51. The highest BCUT2D eigenvalue weighted by molar-refractivity contribution is 7.15. The van der Waals surface area contributed by atoms with Gasteiger partial charge in [0.2, 0.25) is 0 Å². The summed E-state index contributed by atoms with van der Waals surface area (Å²) in [6.07, 6.45) is 4.61. The number of hydrogen-bond acceptors (Lipinski definition) is 8. The second-order valence-electron chi connectivity index (χ2n) is 8.85. The number of nitrogens with one attached hydrogen (secondary N) is 1. The van der Waals surface area contributed by atoms with E-state index in [1.807, 2.05) is 31.2 Å². The molecule has 4 heterocycles. The highest BCUT2D eigenvalue weighted by Gasteiger charge is 2.16. The highest BCUT2D eigenvalue weighted by atomic mass is 32.1. The lowest BCUT2D eigenvalue weighted by molar-refractivity contribution is 0.600. The molecule has 8 nitrogen and oxygen atoms in total. The number of rotatable bonds is 6. The Balaban J connectivity index is 1.28. The van der Waals surface area contributed by atoms with Crippen LogP contribution in [0, 0.1) is 5.82 Å². The fourth-order valence-corrected chi connectivity index (χ4v) is 5.36. The Morgan fingerprint density at radius 2 is 1.84 bits per heavy atom. The maximum Gasteiger partial charge on any atom is 0.265 e. The van der Waals surface area contributed by atoms with E-state index in [0.717, 1.165) is 31.8 Å². The van der Waals surface area contributed by atoms with Gasteiger partial charge in [-0.3, -0.25) is 9.36 Å². The number of nitrogens with zero attached hydrogens (tertiary/aromatic N) is 5. The first-order valence-corrected chi connectivity index (χ1v) is 12.7. The molecule has 0 saturated heterocycles. The van der Waals surface area contributed by atoms with Gasteiger partial charge >= 0.3 is 0 Å². The van der Waals surface area contributed by atoms with Crippen LogP contribution in [-0.4, -0.2) is 24.5 Å². The summed E-state index contributed by atoms with van der Waals surface area (Å²) < 4.78 is 14.9. The number of halogens is 1. The van der Waals surface area contributed by atoms with Crippen LogP contribution in [0.5, 0.6) is 0 Å². The van der Waals surface area contributed by atoms with E-state index in [0.29, 0.717) is 29.1 Å². The number of anilines is 2. The molecule has 188 valence electrons. The van der Waals surface area contributed by atoms with Crippen LogP contribution in [0.15, 0.2) is 84.3 Å². The minimum atomic E-state index is -0.325. The molecule has 0 spiro atoms. The van der Waals surface area contributed by atoms with Gasteiger partial charge in [0.15, 0.2) is 0 Å². The van der Waals surface area contributed by atoms with E-state index in [1.54, 1.807) is 40.3 Å². The van der Waals surface area contributed by atoms with E-state index >= 15 is 0 Å². The fraction of sp³-hybridized carbons (Fsp3) is 0.107. The highest BCUT2D eigenvalue weighted by Crippen LogP contribution is 2.32. The fourth-order valence-electron chi connectivity index (χ4n) is 4.42. The number of nitrogen functional groups attached to an aromatic ring is 1. The van der Waals surface area contributed by atoms with Crippen molar-refractivity contribution in [3.63, 3.8) is 0 Å². The molecular formula is C28H22FN7OS. The molecular weight excluding hydrogens is 501 g/mol. The Hall–Kier alpha value is -4.70. The zero-order valence-corrected chi connectivity index (χ0v) is 21.1. The molecule has 0 fully saturated rings. The first-order valence-electron chi connectivity index (χ1n) is 11.9. The Labute approximate surface area is 220 Å². The summed E-state index contributed by atoms with van der Waals surface area (Å²) in [4.78, 5) is 32.9. The summed E-state index contributed by atoms with van der Waals surface area (Å²) in [7, 11) is 0. The van der Waals surface area contributed by atoms with Gasteiger partial charge in [-0.15, -0.1) is 11.3 Å². The van der Waals surface area contributed by atoms with Gasteiger partial charge in [0.25, 0.3) is 5.56 Å². The van der Waals surface area contributed by atoms with Crippen LogP contribution in [0.3, 0.4) is 0 Å². The lowest BCUT2D eigenvalue weighted by Gasteiger charge is -2.16. The number of hydrogen-bond donors (Lipinski definition) is 2. The predicted octanol–water partition coefficient (Wildman–Crippen LogP) is 5.41. The lowest BCUT2D eigenvalue weighted by Crippen LogP contribution is -2.25. The Bertz CT molecular complexity index is 1850.